The van der Waals surface area contributed by atoms with Crippen molar-refractivity contribution in [2.24, 2.45) is 0 Å². The highest BCUT2D eigenvalue weighted by molar-refractivity contribution is 7.07. The number of nitrogens with one attached hydrogen (secondary N) is 1. The highest BCUT2D eigenvalue weighted by atomic mass is 32.1. The summed E-state index contributed by atoms with van der Waals surface area (Å²) in [5.74, 6) is 0.766. The number of β-amino-alcohol motifs (C(OH)–C–C–N with tert-alkyl or cyclic N) is 1. The van der Waals surface area contributed by atoms with E-state index in [-0.39, 0.29) is 12.5 Å². The summed E-state index contributed by atoms with van der Waals surface area (Å²) in [5.41, 5.74) is 0.978. The number of nitrogens with zero attached hydrogens (tertiary/aromatic N) is 3. The summed E-state index contributed by atoms with van der Waals surface area (Å²) in [6.45, 7) is 3.49. The molecule has 3 rings (SSSR count). The highest BCUT2D eigenvalue weighted by Gasteiger charge is 2.34. The van der Waals surface area contributed by atoms with Crippen molar-refractivity contribution in [1.82, 2.24) is 15.3 Å². The Morgan fingerprint density at radius 1 is 1.50 bits per heavy atom. The number of aromatic nitrogens is 2. The average molecular weight is 346 g/mol. The minimum absolute atomic E-state index is 0.0585. The first-order chi connectivity index (χ1) is 11.5. The van der Waals surface area contributed by atoms with Crippen molar-refractivity contribution in [2.75, 3.05) is 24.5 Å². The molecule has 1 amide bonds. The van der Waals surface area contributed by atoms with Gasteiger partial charge in [-0.25, -0.2) is 9.97 Å². The van der Waals surface area contributed by atoms with Crippen LogP contribution in [-0.4, -0.2) is 46.2 Å². The Hall–Kier alpha value is -1.99. The third kappa shape index (κ3) is 4.30. The van der Waals surface area contributed by atoms with Gasteiger partial charge in [0.05, 0.1) is 12.0 Å². The number of hydrogen-bond acceptors (Lipinski definition) is 6. The fraction of sp³-hybridized carbons (Fsp3) is 0.471. The molecule has 1 atom stereocenters. The first kappa shape index (κ1) is 16.9. The molecule has 6 nitrogen and oxygen atoms in total. The summed E-state index contributed by atoms with van der Waals surface area (Å²) in [5, 5.41) is 17.6. The molecular weight excluding hydrogens is 324 g/mol. The number of aliphatic hydroxyl groups is 1. The van der Waals surface area contributed by atoms with E-state index < -0.39 is 5.60 Å². The van der Waals surface area contributed by atoms with Gasteiger partial charge in [0.15, 0.2) is 0 Å². The first-order valence-corrected chi connectivity index (χ1v) is 9.02. The second-order valence-corrected chi connectivity index (χ2v) is 7.13. The van der Waals surface area contributed by atoms with E-state index in [0.29, 0.717) is 19.4 Å². The molecule has 24 heavy (non-hydrogen) atoms. The third-order valence-electron chi connectivity index (χ3n) is 4.23. The molecule has 0 aromatic carbocycles. The van der Waals surface area contributed by atoms with Gasteiger partial charge in [0.25, 0.3) is 0 Å². The number of aryl methyl sites for hydroxylation is 1. The van der Waals surface area contributed by atoms with E-state index in [0.717, 1.165) is 30.0 Å². The summed E-state index contributed by atoms with van der Waals surface area (Å²) < 4.78 is 0. The smallest absolute Gasteiger partial charge is 0.224 e. The summed E-state index contributed by atoms with van der Waals surface area (Å²) in [7, 11) is 0. The zero-order chi connectivity index (χ0) is 17.0. The van der Waals surface area contributed by atoms with Crippen LogP contribution in [-0.2, 0) is 11.2 Å². The maximum atomic E-state index is 12.0. The fourth-order valence-corrected chi connectivity index (χ4v) is 3.64. The summed E-state index contributed by atoms with van der Waals surface area (Å²) in [6, 6.07) is 3.86. The molecule has 0 aliphatic carbocycles. The van der Waals surface area contributed by atoms with E-state index in [1.54, 1.807) is 17.7 Å². The van der Waals surface area contributed by atoms with Crippen LogP contribution in [0.3, 0.4) is 0 Å². The van der Waals surface area contributed by atoms with E-state index in [9.17, 15) is 9.90 Å². The van der Waals surface area contributed by atoms with Gasteiger partial charge in [0.2, 0.25) is 5.91 Å². The van der Waals surface area contributed by atoms with Crippen molar-refractivity contribution in [2.45, 2.75) is 31.8 Å². The van der Waals surface area contributed by atoms with Gasteiger partial charge in [-0.2, -0.15) is 11.3 Å². The topological polar surface area (TPSA) is 78.4 Å². The number of amides is 1. The van der Waals surface area contributed by atoms with Crippen LogP contribution in [0.4, 0.5) is 5.82 Å². The lowest BCUT2D eigenvalue weighted by atomic mass is 9.92. The Morgan fingerprint density at radius 3 is 3.12 bits per heavy atom. The van der Waals surface area contributed by atoms with E-state index >= 15 is 0 Å². The Morgan fingerprint density at radius 2 is 2.38 bits per heavy atom. The molecule has 0 spiro atoms. The molecule has 0 radical (unpaired) electrons. The van der Waals surface area contributed by atoms with E-state index in [1.165, 1.54) is 0 Å². The largest absolute Gasteiger partial charge is 0.386 e. The number of carbonyl (C=O) groups is 1. The van der Waals surface area contributed by atoms with Gasteiger partial charge in [0, 0.05) is 31.4 Å². The van der Waals surface area contributed by atoms with Gasteiger partial charge in [0.1, 0.15) is 12.1 Å². The Labute approximate surface area is 145 Å². The standard InChI is InChI=1S/C17H22N4O2S/c1-13-7-15(20-12-19-13)21-5-2-4-17(23,11-21)10-18-16(22)8-14-3-6-24-9-14/h3,6-7,9,12,23H,2,4-5,8,10-11H2,1H3,(H,18,22)/t17-/m0/s1. The lowest BCUT2D eigenvalue weighted by Gasteiger charge is -2.39. The van der Waals surface area contributed by atoms with Crippen LogP contribution in [0.25, 0.3) is 0 Å². The molecule has 2 aromatic rings. The van der Waals surface area contributed by atoms with E-state index in [4.69, 9.17) is 0 Å². The molecule has 7 heteroatoms. The van der Waals surface area contributed by atoms with Crippen LogP contribution >= 0.6 is 11.3 Å². The molecule has 0 saturated carbocycles. The van der Waals surface area contributed by atoms with Crippen LogP contribution in [0.2, 0.25) is 0 Å². The van der Waals surface area contributed by atoms with Crippen molar-refractivity contribution in [1.29, 1.82) is 0 Å². The van der Waals surface area contributed by atoms with Gasteiger partial charge in [-0.15, -0.1) is 0 Å². The van der Waals surface area contributed by atoms with Crippen molar-refractivity contribution in [3.05, 3.63) is 40.5 Å². The van der Waals surface area contributed by atoms with Gasteiger partial charge in [-0.3, -0.25) is 4.79 Å². The molecule has 2 aromatic heterocycles. The van der Waals surface area contributed by atoms with E-state index in [1.807, 2.05) is 29.8 Å². The Kier molecular flexibility index (Phi) is 5.11. The number of anilines is 1. The third-order valence-corrected chi connectivity index (χ3v) is 4.96. The van der Waals surface area contributed by atoms with Crippen molar-refractivity contribution in [3.63, 3.8) is 0 Å². The molecule has 1 saturated heterocycles. The predicted octanol–water partition coefficient (Wildman–Crippen LogP) is 1.54. The van der Waals surface area contributed by atoms with Crippen LogP contribution in [0, 0.1) is 6.92 Å². The number of carbonyl (C=O) groups excluding carboxylic acids is 1. The van der Waals surface area contributed by atoms with E-state index in [2.05, 4.69) is 20.2 Å². The fourth-order valence-electron chi connectivity index (χ4n) is 2.97. The maximum Gasteiger partial charge on any atom is 0.224 e. The number of hydrogen-bond donors (Lipinski definition) is 2. The normalized spacial score (nSPS) is 20.8. The molecule has 2 N–H and O–H groups in total. The minimum atomic E-state index is -0.929. The van der Waals surface area contributed by atoms with Crippen molar-refractivity contribution < 1.29 is 9.90 Å². The van der Waals surface area contributed by atoms with Gasteiger partial charge in [-0.05, 0) is 42.2 Å². The molecule has 0 bridgehead atoms. The van der Waals surface area contributed by atoms with Gasteiger partial charge < -0.3 is 15.3 Å². The zero-order valence-corrected chi connectivity index (χ0v) is 14.6. The minimum Gasteiger partial charge on any atom is -0.386 e. The molecule has 128 valence electrons. The quantitative estimate of drug-likeness (QED) is 0.859. The molecule has 3 heterocycles. The second-order valence-electron chi connectivity index (χ2n) is 6.35. The van der Waals surface area contributed by atoms with Gasteiger partial charge >= 0.3 is 0 Å². The van der Waals surface area contributed by atoms with Crippen LogP contribution in [0.1, 0.15) is 24.1 Å². The molecule has 0 unspecified atom stereocenters. The number of thiophene rings is 1. The molecule has 1 fully saturated rings. The predicted molar refractivity (Wildman–Crippen MR) is 94.2 cm³/mol. The monoisotopic (exact) mass is 346 g/mol. The SMILES string of the molecule is Cc1cc(N2CCC[C@](O)(CNC(=O)Cc3ccsc3)C2)ncn1. The summed E-state index contributed by atoms with van der Waals surface area (Å²) >= 11 is 1.58. The van der Waals surface area contributed by atoms with Crippen LogP contribution in [0.15, 0.2) is 29.2 Å². The second kappa shape index (κ2) is 7.27. The van der Waals surface area contributed by atoms with Crippen LogP contribution in [0.5, 0.6) is 0 Å². The summed E-state index contributed by atoms with van der Waals surface area (Å²) in [6.07, 6.45) is 3.43. The van der Waals surface area contributed by atoms with Crippen molar-refractivity contribution >= 4 is 23.1 Å². The number of piperidine rings is 1. The molecule has 1 aliphatic rings. The molecular formula is C17H22N4O2S. The molecule has 1 aliphatic heterocycles. The first-order valence-electron chi connectivity index (χ1n) is 8.08. The lowest BCUT2D eigenvalue weighted by Crippen LogP contribution is -2.54. The number of rotatable bonds is 5. The Bertz CT molecular complexity index is 692. The van der Waals surface area contributed by atoms with Crippen molar-refractivity contribution in [3.8, 4) is 0 Å². The maximum absolute atomic E-state index is 12.0. The highest BCUT2D eigenvalue weighted by Crippen LogP contribution is 2.24. The van der Waals surface area contributed by atoms with Crippen LogP contribution < -0.4 is 10.2 Å². The summed E-state index contributed by atoms with van der Waals surface area (Å²) in [4.78, 5) is 22.5. The lowest BCUT2D eigenvalue weighted by molar-refractivity contribution is -0.121. The van der Waals surface area contributed by atoms with Gasteiger partial charge in [-0.1, -0.05) is 0 Å². The Balaban J connectivity index is 1.57. The average Bonchev–Trinajstić information content (AvgIpc) is 3.06. The zero-order valence-electron chi connectivity index (χ0n) is 13.7.